The van der Waals surface area contributed by atoms with E-state index in [0.717, 1.165) is 19.3 Å². The summed E-state index contributed by atoms with van der Waals surface area (Å²) in [4.78, 5) is 25.4. The van der Waals surface area contributed by atoms with Crippen molar-refractivity contribution in [3.8, 4) is 0 Å². The highest BCUT2D eigenvalue weighted by atomic mass is 16.2. The van der Waals surface area contributed by atoms with Crippen LogP contribution in [0.25, 0.3) is 0 Å². The molecule has 4 nitrogen and oxygen atoms in total. The molecule has 2 fully saturated rings. The van der Waals surface area contributed by atoms with Crippen molar-refractivity contribution in [3.05, 3.63) is 0 Å². The van der Waals surface area contributed by atoms with Crippen molar-refractivity contribution >= 4 is 11.8 Å². The van der Waals surface area contributed by atoms with E-state index in [1.807, 2.05) is 11.8 Å². The molecule has 0 aromatic rings. The molecule has 1 N–H and O–H groups in total. The Kier molecular flexibility index (Phi) is 2.68. The van der Waals surface area contributed by atoms with E-state index in [1.165, 1.54) is 0 Å². The Morgan fingerprint density at radius 3 is 2.62 bits per heavy atom. The second-order valence-electron chi connectivity index (χ2n) is 5.59. The van der Waals surface area contributed by atoms with Gasteiger partial charge in [-0.1, -0.05) is 20.3 Å². The van der Waals surface area contributed by atoms with E-state index in [1.54, 1.807) is 0 Å². The first kappa shape index (κ1) is 11.4. The van der Waals surface area contributed by atoms with Crippen molar-refractivity contribution in [1.29, 1.82) is 0 Å². The Bertz CT molecular complexity index is 325. The number of amides is 2. The summed E-state index contributed by atoms with van der Waals surface area (Å²) in [6.45, 7) is 6.37. The first-order valence-corrected chi connectivity index (χ1v) is 6.02. The van der Waals surface area contributed by atoms with Crippen LogP contribution in [-0.2, 0) is 9.59 Å². The molecular formula is C12H20N2O2. The van der Waals surface area contributed by atoms with Gasteiger partial charge in [-0.3, -0.25) is 9.59 Å². The molecule has 2 aliphatic rings. The van der Waals surface area contributed by atoms with Crippen LogP contribution in [0.3, 0.4) is 0 Å². The van der Waals surface area contributed by atoms with Crippen LogP contribution in [0.15, 0.2) is 0 Å². The smallest absolute Gasteiger partial charge is 0.242 e. The van der Waals surface area contributed by atoms with Crippen LogP contribution in [0.5, 0.6) is 0 Å². The first-order chi connectivity index (χ1) is 7.43. The van der Waals surface area contributed by atoms with Gasteiger partial charge in [0.15, 0.2) is 0 Å². The van der Waals surface area contributed by atoms with Crippen LogP contribution in [0, 0.1) is 5.41 Å². The minimum atomic E-state index is -0.316. The number of rotatable bonds is 1. The third-order valence-electron chi connectivity index (χ3n) is 4.04. The van der Waals surface area contributed by atoms with E-state index in [-0.39, 0.29) is 35.9 Å². The fraction of sp³-hybridized carbons (Fsp3) is 0.833. The second kappa shape index (κ2) is 3.75. The van der Waals surface area contributed by atoms with Crippen molar-refractivity contribution in [2.24, 2.45) is 5.41 Å². The summed E-state index contributed by atoms with van der Waals surface area (Å²) in [5.41, 5.74) is 0.140. The SMILES string of the molecule is CC1C(=O)NCC(=O)N1C1CCCC1(C)C. The lowest BCUT2D eigenvalue weighted by molar-refractivity contribution is -0.149. The molecule has 0 aromatic heterocycles. The van der Waals surface area contributed by atoms with Crippen LogP contribution < -0.4 is 5.32 Å². The number of nitrogens with zero attached hydrogens (tertiary/aromatic N) is 1. The number of hydrogen-bond donors (Lipinski definition) is 1. The largest absolute Gasteiger partial charge is 0.345 e. The second-order valence-corrected chi connectivity index (χ2v) is 5.59. The highest BCUT2D eigenvalue weighted by molar-refractivity contribution is 5.94. The maximum atomic E-state index is 11.9. The van der Waals surface area contributed by atoms with Gasteiger partial charge in [0.05, 0.1) is 6.54 Å². The van der Waals surface area contributed by atoms with Crippen molar-refractivity contribution in [3.63, 3.8) is 0 Å². The van der Waals surface area contributed by atoms with Gasteiger partial charge in [0, 0.05) is 6.04 Å². The predicted molar refractivity (Wildman–Crippen MR) is 60.7 cm³/mol. The molecule has 2 unspecified atom stereocenters. The Balaban J connectivity index is 2.24. The summed E-state index contributed by atoms with van der Waals surface area (Å²) in [5, 5.41) is 2.63. The summed E-state index contributed by atoms with van der Waals surface area (Å²) in [5.74, 6) is 0.0365. The van der Waals surface area contributed by atoms with Crippen LogP contribution in [0.1, 0.15) is 40.0 Å². The van der Waals surface area contributed by atoms with E-state index >= 15 is 0 Å². The highest BCUT2D eigenvalue weighted by Gasteiger charge is 2.45. The molecule has 0 bridgehead atoms. The number of carbonyl (C=O) groups excluding carboxylic acids is 2. The molecule has 1 saturated carbocycles. The molecule has 1 aliphatic heterocycles. The first-order valence-electron chi connectivity index (χ1n) is 6.02. The third kappa shape index (κ3) is 1.70. The minimum absolute atomic E-state index is 0.0256. The quantitative estimate of drug-likeness (QED) is 0.720. The van der Waals surface area contributed by atoms with Gasteiger partial charge < -0.3 is 10.2 Å². The zero-order valence-electron chi connectivity index (χ0n) is 10.2. The van der Waals surface area contributed by atoms with Crippen LogP contribution >= 0.6 is 0 Å². The van der Waals surface area contributed by atoms with Gasteiger partial charge in [-0.15, -0.1) is 0 Å². The Labute approximate surface area is 96.4 Å². The number of piperazine rings is 1. The standard InChI is InChI=1S/C12H20N2O2/c1-8-11(16)13-7-10(15)14(8)9-5-4-6-12(9,2)3/h8-9H,4-7H2,1-3H3,(H,13,16). The van der Waals surface area contributed by atoms with E-state index in [9.17, 15) is 9.59 Å². The zero-order chi connectivity index (χ0) is 11.9. The van der Waals surface area contributed by atoms with Gasteiger partial charge in [0.25, 0.3) is 0 Å². The molecule has 4 heteroatoms. The fourth-order valence-corrected chi connectivity index (χ4v) is 3.01. The summed E-state index contributed by atoms with van der Waals surface area (Å²) in [6.07, 6.45) is 3.31. The Hall–Kier alpha value is -1.06. The van der Waals surface area contributed by atoms with Crippen LogP contribution in [0.4, 0.5) is 0 Å². The van der Waals surface area contributed by atoms with Gasteiger partial charge in [0.2, 0.25) is 11.8 Å². The van der Waals surface area contributed by atoms with Gasteiger partial charge in [-0.25, -0.2) is 0 Å². The van der Waals surface area contributed by atoms with E-state index in [2.05, 4.69) is 19.2 Å². The molecular weight excluding hydrogens is 204 g/mol. The molecule has 1 saturated heterocycles. The zero-order valence-corrected chi connectivity index (χ0v) is 10.2. The lowest BCUT2D eigenvalue weighted by Gasteiger charge is -2.43. The van der Waals surface area contributed by atoms with Crippen molar-refractivity contribution in [2.45, 2.75) is 52.1 Å². The number of nitrogens with one attached hydrogen (secondary N) is 1. The minimum Gasteiger partial charge on any atom is -0.345 e. The molecule has 1 heterocycles. The summed E-state index contributed by atoms with van der Waals surface area (Å²) >= 11 is 0. The fourth-order valence-electron chi connectivity index (χ4n) is 3.01. The number of hydrogen-bond acceptors (Lipinski definition) is 2. The van der Waals surface area contributed by atoms with E-state index < -0.39 is 0 Å². The van der Waals surface area contributed by atoms with Gasteiger partial charge in [0.1, 0.15) is 6.04 Å². The monoisotopic (exact) mass is 224 g/mol. The highest BCUT2D eigenvalue weighted by Crippen LogP contribution is 2.41. The molecule has 16 heavy (non-hydrogen) atoms. The molecule has 2 atom stereocenters. The van der Waals surface area contributed by atoms with Crippen LogP contribution in [0.2, 0.25) is 0 Å². The summed E-state index contributed by atoms with van der Waals surface area (Å²) in [7, 11) is 0. The summed E-state index contributed by atoms with van der Waals surface area (Å²) < 4.78 is 0. The maximum Gasteiger partial charge on any atom is 0.242 e. The van der Waals surface area contributed by atoms with E-state index in [4.69, 9.17) is 0 Å². The normalized spacial score (nSPS) is 34.1. The van der Waals surface area contributed by atoms with Crippen molar-refractivity contribution in [2.75, 3.05) is 6.54 Å². The molecule has 0 aromatic carbocycles. The van der Waals surface area contributed by atoms with Gasteiger partial charge >= 0.3 is 0 Å². The predicted octanol–water partition coefficient (Wildman–Crippen LogP) is 0.912. The van der Waals surface area contributed by atoms with E-state index in [0.29, 0.717) is 0 Å². The average Bonchev–Trinajstić information content (AvgIpc) is 2.54. The number of carbonyl (C=O) groups is 2. The molecule has 0 spiro atoms. The van der Waals surface area contributed by atoms with Crippen LogP contribution in [-0.4, -0.2) is 35.3 Å². The van der Waals surface area contributed by atoms with Crippen molar-refractivity contribution in [1.82, 2.24) is 10.2 Å². The average molecular weight is 224 g/mol. The maximum absolute atomic E-state index is 11.9. The molecule has 2 amide bonds. The topological polar surface area (TPSA) is 49.4 Å². The Morgan fingerprint density at radius 2 is 2.06 bits per heavy atom. The van der Waals surface area contributed by atoms with Crippen molar-refractivity contribution < 1.29 is 9.59 Å². The lowest BCUT2D eigenvalue weighted by atomic mass is 9.85. The van der Waals surface area contributed by atoms with Gasteiger partial charge in [-0.2, -0.15) is 0 Å². The molecule has 2 rings (SSSR count). The molecule has 90 valence electrons. The third-order valence-corrected chi connectivity index (χ3v) is 4.04. The van der Waals surface area contributed by atoms with Gasteiger partial charge in [-0.05, 0) is 25.2 Å². The molecule has 0 radical (unpaired) electrons. The summed E-state index contributed by atoms with van der Waals surface area (Å²) in [6, 6.07) is -0.0929. The molecule has 1 aliphatic carbocycles. The lowest BCUT2D eigenvalue weighted by Crippen LogP contribution is -2.62. The Morgan fingerprint density at radius 1 is 1.38 bits per heavy atom.